The highest BCUT2D eigenvalue weighted by Crippen LogP contribution is 2.28. The first-order valence-electron chi connectivity index (χ1n) is 9.18. The van der Waals surface area contributed by atoms with E-state index in [-0.39, 0.29) is 18.5 Å². The van der Waals surface area contributed by atoms with E-state index in [0.29, 0.717) is 0 Å². The third kappa shape index (κ3) is 6.02. The van der Waals surface area contributed by atoms with Crippen LogP contribution in [-0.4, -0.2) is 22.0 Å². The Morgan fingerprint density at radius 2 is 1.64 bits per heavy atom. The van der Waals surface area contributed by atoms with Gasteiger partial charge in [0.1, 0.15) is 0 Å². The summed E-state index contributed by atoms with van der Waals surface area (Å²) < 4.78 is 0. The number of carboxylic acids is 1. The molecule has 0 fully saturated rings. The van der Waals surface area contributed by atoms with Crippen LogP contribution < -0.4 is 0 Å². The van der Waals surface area contributed by atoms with E-state index in [0.717, 1.165) is 25.8 Å². The van der Waals surface area contributed by atoms with Gasteiger partial charge in [-0.3, -0.25) is 9.69 Å². The molecule has 2 aromatic rings. The molecule has 0 bridgehead atoms. The van der Waals surface area contributed by atoms with Gasteiger partial charge in [0.05, 0.1) is 6.42 Å². The SMILES string of the molecule is CCCCC(CC(=O)O)N(Cc1ccccc1)C(C)c1ccccc1. The highest BCUT2D eigenvalue weighted by molar-refractivity contribution is 5.67. The van der Waals surface area contributed by atoms with Gasteiger partial charge in [-0.15, -0.1) is 0 Å². The Bertz CT molecular complexity index is 627. The number of rotatable bonds is 10. The van der Waals surface area contributed by atoms with Gasteiger partial charge in [0.15, 0.2) is 0 Å². The molecule has 0 spiro atoms. The van der Waals surface area contributed by atoms with Gasteiger partial charge in [0.25, 0.3) is 0 Å². The number of benzene rings is 2. The van der Waals surface area contributed by atoms with Crippen molar-refractivity contribution < 1.29 is 9.90 Å². The summed E-state index contributed by atoms with van der Waals surface area (Å²) in [5.74, 6) is -0.723. The minimum Gasteiger partial charge on any atom is -0.481 e. The molecule has 0 aliphatic carbocycles. The summed E-state index contributed by atoms with van der Waals surface area (Å²) >= 11 is 0. The van der Waals surface area contributed by atoms with Crippen LogP contribution in [-0.2, 0) is 11.3 Å². The zero-order chi connectivity index (χ0) is 18.1. The Hall–Kier alpha value is -2.13. The first kappa shape index (κ1) is 19.2. The van der Waals surface area contributed by atoms with Crippen molar-refractivity contribution in [2.24, 2.45) is 0 Å². The third-order valence-electron chi connectivity index (χ3n) is 4.76. The Labute approximate surface area is 151 Å². The van der Waals surface area contributed by atoms with Crippen LogP contribution in [0.5, 0.6) is 0 Å². The maximum atomic E-state index is 11.5. The molecule has 0 saturated carbocycles. The maximum Gasteiger partial charge on any atom is 0.304 e. The van der Waals surface area contributed by atoms with Gasteiger partial charge in [-0.05, 0) is 24.5 Å². The standard InChI is InChI=1S/C22H29NO2/c1-3-4-15-21(16-22(24)25)23(17-19-11-7-5-8-12-19)18(2)20-13-9-6-10-14-20/h5-14,18,21H,3-4,15-17H2,1-2H3,(H,24,25). The molecule has 0 aliphatic heterocycles. The average molecular weight is 339 g/mol. The van der Waals surface area contributed by atoms with Crippen LogP contribution in [0.2, 0.25) is 0 Å². The molecule has 2 rings (SSSR count). The van der Waals surface area contributed by atoms with Gasteiger partial charge in [0, 0.05) is 18.6 Å². The lowest BCUT2D eigenvalue weighted by Gasteiger charge is -2.36. The number of aliphatic carboxylic acids is 1. The number of hydrogen-bond donors (Lipinski definition) is 1. The van der Waals surface area contributed by atoms with Crippen LogP contribution in [0.1, 0.15) is 56.7 Å². The topological polar surface area (TPSA) is 40.5 Å². The first-order valence-corrected chi connectivity index (χ1v) is 9.18. The van der Waals surface area contributed by atoms with Gasteiger partial charge in [0.2, 0.25) is 0 Å². The lowest BCUT2D eigenvalue weighted by molar-refractivity contribution is -0.138. The fourth-order valence-corrected chi connectivity index (χ4v) is 3.33. The first-order chi connectivity index (χ1) is 12.1. The van der Waals surface area contributed by atoms with E-state index in [4.69, 9.17) is 0 Å². The normalized spacial score (nSPS) is 13.6. The van der Waals surface area contributed by atoms with Gasteiger partial charge in [-0.25, -0.2) is 0 Å². The van der Waals surface area contributed by atoms with Gasteiger partial charge in [-0.1, -0.05) is 80.4 Å². The second-order valence-corrected chi connectivity index (χ2v) is 6.64. The number of carbonyl (C=O) groups is 1. The molecule has 2 unspecified atom stereocenters. The Balaban J connectivity index is 2.29. The van der Waals surface area contributed by atoms with Gasteiger partial charge >= 0.3 is 5.97 Å². The van der Waals surface area contributed by atoms with Crippen molar-refractivity contribution in [1.82, 2.24) is 4.90 Å². The van der Waals surface area contributed by atoms with Crippen molar-refractivity contribution in [3.63, 3.8) is 0 Å². The molecular formula is C22H29NO2. The van der Waals surface area contributed by atoms with Gasteiger partial charge in [-0.2, -0.15) is 0 Å². The average Bonchev–Trinajstić information content (AvgIpc) is 2.64. The summed E-state index contributed by atoms with van der Waals surface area (Å²) in [7, 11) is 0. The fourth-order valence-electron chi connectivity index (χ4n) is 3.33. The molecule has 3 heteroatoms. The monoisotopic (exact) mass is 339 g/mol. The summed E-state index contributed by atoms with van der Waals surface area (Å²) in [6.07, 6.45) is 3.22. The van der Waals surface area contributed by atoms with E-state index in [2.05, 4.69) is 43.0 Å². The molecule has 0 radical (unpaired) electrons. The van der Waals surface area contributed by atoms with E-state index in [9.17, 15) is 9.90 Å². The molecule has 134 valence electrons. The zero-order valence-corrected chi connectivity index (χ0v) is 15.3. The van der Waals surface area contributed by atoms with Crippen molar-refractivity contribution in [1.29, 1.82) is 0 Å². The maximum absolute atomic E-state index is 11.5. The number of carboxylic acid groups (broad SMARTS) is 1. The molecule has 0 saturated heterocycles. The van der Waals surface area contributed by atoms with E-state index in [1.54, 1.807) is 0 Å². The Morgan fingerprint density at radius 3 is 2.20 bits per heavy atom. The highest BCUT2D eigenvalue weighted by atomic mass is 16.4. The second-order valence-electron chi connectivity index (χ2n) is 6.64. The fraction of sp³-hybridized carbons (Fsp3) is 0.409. The van der Waals surface area contributed by atoms with Crippen molar-refractivity contribution >= 4 is 5.97 Å². The lowest BCUT2D eigenvalue weighted by Crippen LogP contribution is -2.38. The summed E-state index contributed by atoms with van der Waals surface area (Å²) in [5, 5.41) is 9.42. The van der Waals surface area contributed by atoms with Crippen molar-refractivity contribution in [3.05, 3.63) is 71.8 Å². The smallest absolute Gasteiger partial charge is 0.304 e. The summed E-state index contributed by atoms with van der Waals surface area (Å²) in [5.41, 5.74) is 2.45. The number of unbranched alkanes of at least 4 members (excludes halogenated alkanes) is 1. The molecule has 0 aliphatic rings. The highest BCUT2D eigenvalue weighted by Gasteiger charge is 2.26. The van der Waals surface area contributed by atoms with Crippen molar-refractivity contribution in [2.75, 3.05) is 0 Å². The summed E-state index contributed by atoms with van der Waals surface area (Å²) in [6.45, 7) is 5.09. The summed E-state index contributed by atoms with van der Waals surface area (Å²) in [4.78, 5) is 13.8. The molecule has 2 aromatic carbocycles. The quantitative estimate of drug-likeness (QED) is 0.640. The summed E-state index contributed by atoms with van der Waals surface area (Å²) in [6, 6.07) is 20.9. The van der Waals surface area contributed by atoms with Crippen molar-refractivity contribution in [2.45, 2.75) is 58.2 Å². The molecule has 2 atom stereocenters. The minimum absolute atomic E-state index is 0.0351. The molecule has 0 amide bonds. The third-order valence-corrected chi connectivity index (χ3v) is 4.76. The van der Waals surface area contributed by atoms with E-state index in [1.165, 1.54) is 11.1 Å². The van der Waals surface area contributed by atoms with E-state index < -0.39 is 5.97 Å². The molecule has 0 heterocycles. The van der Waals surface area contributed by atoms with Crippen LogP contribution in [0.3, 0.4) is 0 Å². The number of nitrogens with zero attached hydrogens (tertiary/aromatic N) is 1. The Morgan fingerprint density at radius 1 is 1.04 bits per heavy atom. The van der Waals surface area contributed by atoms with E-state index in [1.807, 2.05) is 36.4 Å². The van der Waals surface area contributed by atoms with Crippen LogP contribution in [0.15, 0.2) is 60.7 Å². The molecule has 25 heavy (non-hydrogen) atoms. The molecule has 0 aromatic heterocycles. The minimum atomic E-state index is -0.723. The van der Waals surface area contributed by atoms with E-state index >= 15 is 0 Å². The van der Waals surface area contributed by atoms with Crippen LogP contribution in [0.4, 0.5) is 0 Å². The van der Waals surface area contributed by atoms with Gasteiger partial charge < -0.3 is 5.11 Å². The predicted octanol–water partition coefficient (Wildman–Crippen LogP) is 5.28. The zero-order valence-electron chi connectivity index (χ0n) is 15.3. The Kier molecular flexibility index (Phi) is 7.68. The van der Waals surface area contributed by atoms with Crippen LogP contribution in [0.25, 0.3) is 0 Å². The lowest BCUT2D eigenvalue weighted by atomic mass is 9.98. The largest absolute Gasteiger partial charge is 0.481 e. The molecular weight excluding hydrogens is 310 g/mol. The number of hydrogen-bond acceptors (Lipinski definition) is 2. The van der Waals surface area contributed by atoms with Crippen LogP contribution in [0, 0.1) is 0 Å². The van der Waals surface area contributed by atoms with Crippen molar-refractivity contribution in [3.8, 4) is 0 Å². The second kappa shape index (κ2) is 10.00. The molecule has 3 nitrogen and oxygen atoms in total. The predicted molar refractivity (Wildman–Crippen MR) is 102 cm³/mol. The van der Waals surface area contributed by atoms with Crippen LogP contribution >= 0.6 is 0 Å². The molecule has 1 N–H and O–H groups in total.